The van der Waals surface area contributed by atoms with Gasteiger partial charge in [-0.25, -0.2) is 4.98 Å². The van der Waals surface area contributed by atoms with Crippen molar-refractivity contribution in [2.24, 2.45) is 5.73 Å². The number of aryl methyl sites for hydroxylation is 1. The van der Waals surface area contributed by atoms with E-state index < -0.39 is 0 Å². The van der Waals surface area contributed by atoms with Crippen LogP contribution in [-0.2, 0) is 4.79 Å². The largest absolute Gasteiger partial charge is 0.330 e. The van der Waals surface area contributed by atoms with Gasteiger partial charge < -0.3 is 10.6 Å². The summed E-state index contributed by atoms with van der Waals surface area (Å²) >= 11 is 1.59. The Labute approximate surface area is 86.7 Å². The summed E-state index contributed by atoms with van der Waals surface area (Å²) in [6, 6.07) is -0.223. The Kier molecular flexibility index (Phi) is 2.28. The van der Waals surface area contributed by atoms with Crippen molar-refractivity contribution in [2.75, 3.05) is 6.54 Å². The summed E-state index contributed by atoms with van der Waals surface area (Å²) in [5.41, 5.74) is 6.53. The summed E-state index contributed by atoms with van der Waals surface area (Å²) in [5.74, 6) is 0.0327. The Balaban J connectivity index is 2.10. The van der Waals surface area contributed by atoms with Crippen molar-refractivity contribution >= 4 is 17.2 Å². The third-order valence-electron chi connectivity index (χ3n) is 2.46. The summed E-state index contributed by atoms with van der Waals surface area (Å²) in [4.78, 5) is 17.5. The smallest absolute Gasteiger partial charge is 0.241 e. The maximum atomic E-state index is 11.4. The van der Waals surface area contributed by atoms with Gasteiger partial charge in [0.15, 0.2) is 0 Å². The van der Waals surface area contributed by atoms with Crippen LogP contribution in [0.3, 0.4) is 0 Å². The van der Waals surface area contributed by atoms with E-state index >= 15 is 0 Å². The summed E-state index contributed by atoms with van der Waals surface area (Å²) in [6.07, 6.45) is 0. The first-order valence-corrected chi connectivity index (χ1v) is 5.45. The normalized spacial score (nSPS) is 23.5. The van der Waals surface area contributed by atoms with Gasteiger partial charge in [0.2, 0.25) is 5.91 Å². The highest BCUT2D eigenvalue weighted by Crippen LogP contribution is 2.27. The van der Waals surface area contributed by atoms with E-state index in [1.54, 1.807) is 16.2 Å². The van der Waals surface area contributed by atoms with Gasteiger partial charge in [0, 0.05) is 17.6 Å². The topological polar surface area (TPSA) is 59.2 Å². The fourth-order valence-corrected chi connectivity index (χ4v) is 2.39. The van der Waals surface area contributed by atoms with Crippen LogP contribution in [0.1, 0.15) is 23.7 Å². The summed E-state index contributed by atoms with van der Waals surface area (Å²) in [6.45, 7) is 4.59. The zero-order chi connectivity index (χ0) is 10.3. The lowest BCUT2D eigenvalue weighted by molar-refractivity contribution is -0.145. The average molecular weight is 211 g/mol. The van der Waals surface area contributed by atoms with Crippen LogP contribution < -0.4 is 5.73 Å². The third-order valence-corrected chi connectivity index (χ3v) is 3.59. The monoisotopic (exact) mass is 211 g/mol. The molecule has 0 saturated carbocycles. The first-order valence-electron chi connectivity index (χ1n) is 4.57. The minimum absolute atomic E-state index is 0.0327. The maximum absolute atomic E-state index is 11.4. The molecule has 1 amide bonds. The molecule has 2 unspecified atom stereocenters. The molecule has 14 heavy (non-hydrogen) atoms. The van der Waals surface area contributed by atoms with Gasteiger partial charge in [-0.05, 0) is 13.8 Å². The van der Waals surface area contributed by atoms with Gasteiger partial charge in [0.05, 0.1) is 6.04 Å². The highest BCUT2D eigenvalue weighted by molar-refractivity contribution is 7.09. The molecule has 0 aliphatic carbocycles. The molecule has 4 nitrogen and oxygen atoms in total. The molecule has 1 aromatic heterocycles. The predicted octanol–water partition coefficient (Wildman–Crippen LogP) is 0.682. The van der Waals surface area contributed by atoms with Crippen LogP contribution in [-0.4, -0.2) is 28.4 Å². The van der Waals surface area contributed by atoms with Gasteiger partial charge in [0.1, 0.15) is 11.0 Å². The zero-order valence-electron chi connectivity index (χ0n) is 8.23. The highest BCUT2D eigenvalue weighted by atomic mass is 32.1. The standard InChI is InChI=1S/C9H13N3OS/c1-5-4-14-8(11-5)6(2)12-3-7(10)9(12)13/h4,6-7H,3,10H2,1-2H3. The Morgan fingerprint density at radius 1 is 1.79 bits per heavy atom. The fourth-order valence-electron chi connectivity index (χ4n) is 1.53. The molecule has 1 aromatic rings. The van der Waals surface area contributed by atoms with Crippen molar-refractivity contribution in [3.8, 4) is 0 Å². The fraction of sp³-hybridized carbons (Fsp3) is 0.556. The van der Waals surface area contributed by atoms with E-state index in [9.17, 15) is 4.79 Å². The van der Waals surface area contributed by atoms with Crippen LogP contribution >= 0.6 is 11.3 Å². The van der Waals surface area contributed by atoms with Gasteiger partial charge >= 0.3 is 0 Å². The second-order valence-electron chi connectivity index (χ2n) is 3.60. The molecule has 2 rings (SSSR count). The predicted molar refractivity (Wildman–Crippen MR) is 55.0 cm³/mol. The lowest BCUT2D eigenvalue weighted by atomic mass is 10.1. The summed E-state index contributed by atoms with van der Waals surface area (Å²) < 4.78 is 0. The molecule has 2 heterocycles. The molecule has 76 valence electrons. The second kappa shape index (κ2) is 3.33. The molecule has 0 spiro atoms. The van der Waals surface area contributed by atoms with Crippen LogP contribution in [0.25, 0.3) is 0 Å². The summed E-state index contributed by atoms with van der Waals surface area (Å²) in [7, 11) is 0. The molecule has 2 atom stereocenters. The molecule has 0 aromatic carbocycles. The van der Waals surface area contributed by atoms with Crippen LogP contribution in [0, 0.1) is 6.92 Å². The molecule has 1 saturated heterocycles. The number of β-lactam (4-membered cyclic amide) rings is 1. The number of rotatable bonds is 2. The number of carbonyl (C=O) groups excluding carboxylic acids is 1. The van der Waals surface area contributed by atoms with Gasteiger partial charge in [-0.1, -0.05) is 0 Å². The molecule has 0 radical (unpaired) electrons. The molecule has 0 bridgehead atoms. The first kappa shape index (κ1) is 9.61. The molecular formula is C9H13N3OS. The molecule has 5 heteroatoms. The minimum atomic E-state index is -0.293. The van der Waals surface area contributed by atoms with Gasteiger partial charge in [-0.15, -0.1) is 11.3 Å². The van der Waals surface area contributed by atoms with E-state index in [0.29, 0.717) is 6.54 Å². The number of nitrogens with zero attached hydrogens (tertiary/aromatic N) is 2. The van der Waals surface area contributed by atoms with Gasteiger partial charge in [-0.3, -0.25) is 4.79 Å². The lowest BCUT2D eigenvalue weighted by Crippen LogP contribution is -2.61. The molecule has 1 aliphatic rings. The van der Waals surface area contributed by atoms with Crippen molar-refractivity contribution < 1.29 is 4.79 Å². The second-order valence-corrected chi connectivity index (χ2v) is 4.49. The van der Waals surface area contributed by atoms with Crippen molar-refractivity contribution in [3.63, 3.8) is 0 Å². The Morgan fingerprint density at radius 3 is 2.93 bits per heavy atom. The van der Waals surface area contributed by atoms with Crippen LogP contribution in [0.5, 0.6) is 0 Å². The number of hydrogen-bond donors (Lipinski definition) is 1. The van der Waals surface area contributed by atoms with Crippen molar-refractivity contribution in [2.45, 2.75) is 25.9 Å². The van der Waals surface area contributed by atoms with E-state index in [1.165, 1.54) is 0 Å². The van der Waals surface area contributed by atoms with Crippen LogP contribution in [0.2, 0.25) is 0 Å². The van der Waals surface area contributed by atoms with E-state index in [4.69, 9.17) is 5.73 Å². The third kappa shape index (κ3) is 1.42. The number of amides is 1. The van der Waals surface area contributed by atoms with Gasteiger partial charge in [-0.2, -0.15) is 0 Å². The van der Waals surface area contributed by atoms with Crippen molar-refractivity contribution in [1.82, 2.24) is 9.88 Å². The molecule has 1 fully saturated rings. The molecule has 1 aliphatic heterocycles. The lowest BCUT2D eigenvalue weighted by Gasteiger charge is -2.39. The Bertz CT molecular complexity index is 363. The molecular weight excluding hydrogens is 198 g/mol. The summed E-state index contributed by atoms with van der Waals surface area (Å²) in [5, 5.41) is 2.98. The minimum Gasteiger partial charge on any atom is -0.330 e. The SMILES string of the molecule is Cc1csc(C(C)N2CC(N)C2=O)n1. The number of aromatic nitrogens is 1. The van der Waals surface area contributed by atoms with Gasteiger partial charge in [0.25, 0.3) is 0 Å². The van der Waals surface area contributed by atoms with E-state index in [1.807, 2.05) is 19.2 Å². The average Bonchev–Trinajstić information content (AvgIpc) is 2.59. The van der Waals surface area contributed by atoms with E-state index in [2.05, 4.69) is 4.98 Å². The van der Waals surface area contributed by atoms with Crippen LogP contribution in [0.4, 0.5) is 0 Å². The zero-order valence-corrected chi connectivity index (χ0v) is 9.04. The van der Waals surface area contributed by atoms with Crippen LogP contribution in [0.15, 0.2) is 5.38 Å². The Hall–Kier alpha value is -0.940. The maximum Gasteiger partial charge on any atom is 0.241 e. The van der Waals surface area contributed by atoms with Crippen molar-refractivity contribution in [1.29, 1.82) is 0 Å². The van der Waals surface area contributed by atoms with E-state index in [-0.39, 0.29) is 18.0 Å². The number of thiazole rings is 1. The molecule has 2 N–H and O–H groups in total. The Morgan fingerprint density at radius 2 is 2.50 bits per heavy atom. The van der Waals surface area contributed by atoms with Crippen molar-refractivity contribution in [3.05, 3.63) is 16.1 Å². The first-order chi connectivity index (χ1) is 6.59. The number of likely N-dealkylation sites (tertiary alicyclic amines) is 1. The van der Waals surface area contributed by atoms with E-state index in [0.717, 1.165) is 10.7 Å². The number of carbonyl (C=O) groups is 1. The highest BCUT2D eigenvalue weighted by Gasteiger charge is 2.37. The quantitative estimate of drug-likeness (QED) is 0.732. The number of hydrogen-bond acceptors (Lipinski definition) is 4. The number of nitrogens with two attached hydrogens (primary N) is 1.